The van der Waals surface area contributed by atoms with Crippen LogP contribution < -0.4 is 5.32 Å². The van der Waals surface area contributed by atoms with Gasteiger partial charge in [0.25, 0.3) is 0 Å². The molecule has 5 nitrogen and oxygen atoms in total. The Labute approximate surface area is 137 Å². The lowest BCUT2D eigenvalue weighted by atomic mass is 9.88. The fourth-order valence-electron chi connectivity index (χ4n) is 4.59. The van der Waals surface area contributed by atoms with Crippen LogP contribution in [0.5, 0.6) is 0 Å². The van der Waals surface area contributed by atoms with E-state index in [2.05, 4.69) is 21.5 Å². The summed E-state index contributed by atoms with van der Waals surface area (Å²) in [4.78, 5) is 15.4. The molecule has 0 spiro atoms. The van der Waals surface area contributed by atoms with Gasteiger partial charge >= 0.3 is 0 Å². The maximum Gasteiger partial charge on any atom is 0.228 e. The summed E-state index contributed by atoms with van der Waals surface area (Å²) in [6.45, 7) is 1.71. The topological polar surface area (TPSA) is 50.2 Å². The molecule has 4 atom stereocenters. The third-order valence-electron chi connectivity index (χ3n) is 5.63. The highest BCUT2D eigenvalue weighted by atomic mass is 35.5. The number of aryl methyl sites for hydroxylation is 1. The lowest BCUT2D eigenvalue weighted by molar-refractivity contribution is -0.139. The van der Waals surface area contributed by atoms with E-state index in [1.54, 1.807) is 0 Å². The molecule has 2 bridgehead atoms. The number of aromatic nitrogens is 2. The number of carbonyl (C=O) groups is 1. The Morgan fingerprint density at radius 3 is 2.59 bits per heavy atom. The molecule has 3 saturated heterocycles. The molecule has 0 radical (unpaired) electrons. The first-order valence-electron chi connectivity index (χ1n) is 8.25. The molecule has 0 aromatic carbocycles. The van der Waals surface area contributed by atoms with E-state index >= 15 is 0 Å². The Morgan fingerprint density at radius 2 is 1.95 bits per heavy atom. The number of hydrogen-bond donors (Lipinski definition) is 1. The number of fused-ring (bicyclic) bond motifs is 2. The Hall–Kier alpha value is -1.07. The van der Waals surface area contributed by atoms with E-state index in [0.29, 0.717) is 18.0 Å². The minimum Gasteiger partial charge on any atom is -0.336 e. The first-order chi connectivity index (χ1) is 10.2. The van der Waals surface area contributed by atoms with Gasteiger partial charge in [0.1, 0.15) is 0 Å². The van der Waals surface area contributed by atoms with Crippen molar-refractivity contribution in [3.8, 4) is 0 Å². The predicted molar refractivity (Wildman–Crippen MR) is 87.1 cm³/mol. The minimum atomic E-state index is 0. The molecule has 3 fully saturated rings. The molecular formula is C16H25ClN4O. The van der Waals surface area contributed by atoms with Crippen molar-refractivity contribution in [1.29, 1.82) is 0 Å². The van der Waals surface area contributed by atoms with E-state index in [4.69, 9.17) is 0 Å². The third kappa shape index (κ3) is 2.54. The van der Waals surface area contributed by atoms with Gasteiger partial charge < -0.3 is 10.2 Å². The van der Waals surface area contributed by atoms with Gasteiger partial charge in [-0.15, -0.1) is 12.4 Å². The van der Waals surface area contributed by atoms with Crippen LogP contribution in [0.1, 0.15) is 43.6 Å². The van der Waals surface area contributed by atoms with Gasteiger partial charge in [0.05, 0.1) is 12.1 Å². The van der Waals surface area contributed by atoms with Crippen LogP contribution in [0.15, 0.2) is 12.4 Å². The van der Waals surface area contributed by atoms with Crippen molar-refractivity contribution >= 4 is 18.3 Å². The number of piperidine rings is 1. The molecule has 1 aromatic heterocycles. The second-order valence-corrected chi connectivity index (χ2v) is 6.88. The van der Waals surface area contributed by atoms with E-state index in [0.717, 1.165) is 13.1 Å². The Kier molecular flexibility index (Phi) is 4.46. The van der Waals surface area contributed by atoms with Crippen LogP contribution in [0.4, 0.5) is 0 Å². The molecule has 4 rings (SSSR count). The Balaban J connectivity index is 0.00000144. The zero-order valence-corrected chi connectivity index (χ0v) is 13.9. The van der Waals surface area contributed by atoms with E-state index < -0.39 is 0 Å². The second-order valence-electron chi connectivity index (χ2n) is 6.88. The molecule has 3 aliphatic rings. The van der Waals surface area contributed by atoms with E-state index in [9.17, 15) is 4.79 Å². The standard InChI is InChI=1S/C16H24N4O.ClH/c1-19-10-11(7-18-19)14-8-17-9-15(14)16(21)20-12-3-2-4-13(20)6-5-12;/h7,10,12-15,17H,2-6,8-9H2,1H3;1H/t12?,13?,14-,15+;/m1./s1. The average Bonchev–Trinajstić information content (AvgIpc) is 3.17. The van der Waals surface area contributed by atoms with Gasteiger partial charge in [-0.3, -0.25) is 9.48 Å². The van der Waals surface area contributed by atoms with Gasteiger partial charge in [0, 0.05) is 44.3 Å². The largest absolute Gasteiger partial charge is 0.336 e. The lowest BCUT2D eigenvalue weighted by Gasteiger charge is -2.37. The third-order valence-corrected chi connectivity index (χ3v) is 5.63. The Bertz CT molecular complexity index is 530. The van der Waals surface area contributed by atoms with E-state index in [1.807, 2.05) is 17.9 Å². The van der Waals surface area contributed by atoms with Crippen LogP contribution in [0, 0.1) is 5.92 Å². The van der Waals surface area contributed by atoms with Gasteiger partial charge in [0.15, 0.2) is 0 Å². The number of amides is 1. The molecule has 22 heavy (non-hydrogen) atoms. The van der Waals surface area contributed by atoms with Crippen LogP contribution in [0.25, 0.3) is 0 Å². The zero-order chi connectivity index (χ0) is 14.4. The van der Waals surface area contributed by atoms with Crippen LogP contribution in [-0.4, -0.2) is 45.8 Å². The summed E-state index contributed by atoms with van der Waals surface area (Å²) in [5, 5.41) is 7.69. The van der Waals surface area contributed by atoms with Crippen molar-refractivity contribution in [1.82, 2.24) is 20.0 Å². The average molecular weight is 325 g/mol. The number of rotatable bonds is 2. The van der Waals surface area contributed by atoms with Crippen molar-refractivity contribution in [2.24, 2.45) is 13.0 Å². The van der Waals surface area contributed by atoms with Crippen molar-refractivity contribution in [2.75, 3.05) is 13.1 Å². The lowest BCUT2D eigenvalue weighted by Crippen LogP contribution is -2.48. The summed E-state index contributed by atoms with van der Waals surface area (Å²) in [6.07, 6.45) is 10.1. The molecule has 3 aliphatic heterocycles. The molecule has 122 valence electrons. The molecule has 1 aromatic rings. The van der Waals surface area contributed by atoms with Gasteiger partial charge in [-0.05, 0) is 37.7 Å². The highest BCUT2D eigenvalue weighted by Gasteiger charge is 2.45. The molecule has 1 N–H and O–H groups in total. The summed E-state index contributed by atoms with van der Waals surface area (Å²) in [7, 11) is 1.94. The predicted octanol–water partition coefficient (Wildman–Crippen LogP) is 1.69. The number of nitrogens with zero attached hydrogens (tertiary/aromatic N) is 3. The van der Waals surface area contributed by atoms with Gasteiger partial charge in [-0.25, -0.2) is 0 Å². The van der Waals surface area contributed by atoms with E-state index in [-0.39, 0.29) is 24.2 Å². The quantitative estimate of drug-likeness (QED) is 0.900. The highest BCUT2D eigenvalue weighted by Crippen LogP contribution is 2.39. The summed E-state index contributed by atoms with van der Waals surface area (Å²) in [5.74, 6) is 0.768. The van der Waals surface area contributed by atoms with Crippen LogP contribution >= 0.6 is 12.4 Å². The summed E-state index contributed by atoms with van der Waals surface area (Å²) in [6, 6.07) is 1.04. The van der Waals surface area contributed by atoms with Gasteiger partial charge in [-0.1, -0.05) is 0 Å². The number of nitrogens with one attached hydrogen (secondary N) is 1. The smallest absolute Gasteiger partial charge is 0.228 e. The molecular weight excluding hydrogens is 300 g/mol. The first kappa shape index (κ1) is 15.8. The van der Waals surface area contributed by atoms with Crippen LogP contribution in [-0.2, 0) is 11.8 Å². The van der Waals surface area contributed by atoms with Crippen molar-refractivity contribution in [3.63, 3.8) is 0 Å². The highest BCUT2D eigenvalue weighted by molar-refractivity contribution is 5.85. The number of hydrogen-bond acceptors (Lipinski definition) is 3. The minimum absolute atomic E-state index is 0. The fraction of sp³-hybridized carbons (Fsp3) is 0.750. The van der Waals surface area contributed by atoms with Gasteiger partial charge in [-0.2, -0.15) is 5.10 Å². The van der Waals surface area contributed by atoms with E-state index in [1.165, 1.54) is 37.7 Å². The normalized spacial score (nSPS) is 33.8. The first-order valence-corrected chi connectivity index (χ1v) is 8.25. The summed E-state index contributed by atoms with van der Waals surface area (Å²) >= 11 is 0. The van der Waals surface area contributed by atoms with Crippen molar-refractivity contribution in [3.05, 3.63) is 18.0 Å². The molecule has 1 amide bonds. The Morgan fingerprint density at radius 1 is 1.23 bits per heavy atom. The fourth-order valence-corrected chi connectivity index (χ4v) is 4.59. The maximum absolute atomic E-state index is 13.1. The molecule has 0 saturated carbocycles. The number of halogens is 1. The molecule has 4 heterocycles. The monoisotopic (exact) mass is 324 g/mol. The zero-order valence-electron chi connectivity index (χ0n) is 13.1. The van der Waals surface area contributed by atoms with Crippen molar-refractivity contribution in [2.45, 2.75) is 50.1 Å². The molecule has 6 heteroatoms. The summed E-state index contributed by atoms with van der Waals surface area (Å²) in [5.41, 5.74) is 1.20. The van der Waals surface area contributed by atoms with Gasteiger partial charge in [0.2, 0.25) is 5.91 Å². The summed E-state index contributed by atoms with van der Waals surface area (Å²) < 4.78 is 1.83. The molecule has 0 aliphatic carbocycles. The SMILES string of the molecule is Cl.Cn1cc([C@H]2CNC[C@@H]2C(=O)N2C3CCCC2CC3)cn1. The number of carbonyl (C=O) groups excluding carboxylic acids is 1. The van der Waals surface area contributed by atoms with Crippen LogP contribution in [0.2, 0.25) is 0 Å². The van der Waals surface area contributed by atoms with Crippen molar-refractivity contribution < 1.29 is 4.79 Å². The molecule has 2 unspecified atom stereocenters. The maximum atomic E-state index is 13.1. The second kappa shape index (κ2) is 6.20. The van der Waals surface area contributed by atoms with Crippen LogP contribution in [0.3, 0.4) is 0 Å².